The summed E-state index contributed by atoms with van der Waals surface area (Å²) in [6.07, 6.45) is 1.95. The summed E-state index contributed by atoms with van der Waals surface area (Å²) in [4.78, 5) is 7.02. The molecule has 3 unspecified atom stereocenters. The zero-order chi connectivity index (χ0) is 20.1. The first-order valence-electron chi connectivity index (χ1n) is 10.8. The molecular formula is C20H44N4O3. The van der Waals surface area contributed by atoms with E-state index >= 15 is 0 Å². The van der Waals surface area contributed by atoms with Gasteiger partial charge in [-0.15, -0.1) is 0 Å². The van der Waals surface area contributed by atoms with Crippen molar-refractivity contribution in [1.29, 1.82) is 0 Å². The van der Waals surface area contributed by atoms with Crippen molar-refractivity contribution in [3.63, 3.8) is 0 Å². The molecule has 1 heterocycles. The summed E-state index contributed by atoms with van der Waals surface area (Å²) >= 11 is 0. The maximum Gasteiger partial charge on any atom is 0.0664 e. The number of nitrogens with zero attached hydrogens (tertiary/aromatic N) is 3. The zero-order valence-electron chi connectivity index (χ0n) is 17.8. The van der Waals surface area contributed by atoms with Crippen LogP contribution in [0, 0.1) is 0 Å². The van der Waals surface area contributed by atoms with Crippen molar-refractivity contribution in [1.82, 2.24) is 20.0 Å². The molecule has 0 saturated carbocycles. The van der Waals surface area contributed by atoms with Gasteiger partial charge >= 0.3 is 0 Å². The Hall–Kier alpha value is -0.280. The van der Waals surface area contributed by atoms with Crippen LogP contribution in [0.25, 0.3) is 0 Å². The van der Waals surface area contributed by atoms with E-state index in [1.807, 2.05) is 20.8 Å². The summed E-state index contributed by atoms with van der Waals surface area (Å²) in [5.74, 6) is 0. The first-order valence-corrected chi connectivity index (χ1v) is 10.8. The lowest BCUT2D eigenvalue weighted by atomic mass is 10.2. The highest BCUT2D eigenvalue weighted by atomic mass is 16.3. The molecule has 162 valence electrons. The third-order valence-electron chi connectivity index (χ3n) is 5.10. The van der Waals surface area contributed by atoms with E-state index in [0.29, 0.717) is 13.1 Å². The molecule has 1 rings (SSSR count). The number of aliphatic hydroxyl groups excluding tert-OH is 3. The van der Waals surface area contributed by atoms with Gasteiger partial charge in [-0.25, -0.2) is 0 Å². The topological polar surface area (TPSA) is 82.4 Å². The molecule has 7 heteroatoms. The molecule has 0 aromatic carbocycles. The van der Waals surface area contributed by atoms with E-state index in [2.05, 4.69) is 20.0 Å². The van der Waals surface area contributed by atoms with Crippen molar-refractivity contribution >= 4 is 0 Å². The Morgan fingerprint density at radius 3 is 1.78 bits per heavy atom. The molecule has 3 atom stereocenters. The summed E-state index contributed by atoms with van der Waals surface area (Å²) in [7, 11) is 0. The molecule has 27 heavy (non-hydrogen) atoms. The quantitative estimate of drug-likeness (QED) is 0.481. The van der Waals surface area contributed by atoms with Crippen molar-refractivity contribution < 1.29 is 15.3 Å². The molecule has 0 radical (unpaired) electrons. The molecule has 0 amide bonds. The largest absolute Gasteiger partial charge is 0.392 e. The molecule has 0 aliphatic carbocycles. The van der Waals surface area contributed by atoms with Crippen LogP contribution in [-0.4, -0.2) is 120 Å². The predicted octanol–water partition coefficient (Wildman–Crippen LogP) is -0.192. The minimum Gasteiger partial charge on any atom is -0.392 e. The highest BCUT2D eigenvalue weighted by molar-refractivity contribution is 4.71. The first-order chi connectivity index (χ1) is 12.9. The van der Waals surface area contributed by atoms with Gasteiger partial charge in [0.05, 0.1) is 18.3 Å². The maximum absolute atomic E-state index is 10.1. The second-order valence-electron chi connectivity index (χ2n) is 8.12. The lowest BCUT2D eigenvalue weighted by Crippen LogP contribution is -2.44. The van der Waals surface area contributed by atoms with Crippen LogP contribution in [0.1, 0.15) is 40.0 Å². The Morgan fingerprint density at radius 2 is 1.22 bits per heavy atom. The van der Waals surface area contributed by atoms with Crippen LogP contribution in [0.5, 0.6) is 0 Å². The molecule has 1 saturated heterocycles. The number of hydrogen-bond acceptors (Lipinski definition) is 7. The van der Waals surface area contributed by atoms with E-state index in [0.717, 1.165) is 78.2 Å². The average Bonchev–Trinajstić information content (AvgIpc) is 2.59. The van der Waals surface area contributed by atoms with Crippen molar-refractivity contribution in [2.75, 3.05) is 72.0 Å². The summed E-state index contributed by atoms with van der Waals surface area (Å²) in [6, 6.07) is 0. The van der Waals surface area contributed by atoms with Gasteiger partial charge in [0.1, 0.15) is 0 Å². The summed E-state index contributed by atoms with van der Waals surface area (Å²) in [5, 5.41) is 33.2. The van der Waals surface area contributed by atoms with Gasteiger partial charge in [-0.1, -0.05) is 6.92 Å². The Bertz CT molecular complexity index is 358. The third-order valence-corrected chi connectivity index (χ3v) is 5.10. The number of nitrogens with one attached hydrogen (secondary N) is 1. The molecule has 1 aliphatic rings. The second kappa shape index (κ2) is 14.7. The lowest BCUT2D eigenvalue weighted by Gasteiger charge is -2.31. The fourth-order valence-corrected chi connectivity index (χ4v) is 3.65. The SMILES string of the molecule is CCC(O)CN1CCCNCCN(CC(C)O)CCCN(CC(C)O)CC1. The van der Waals surface area contributed by atoms with E-state index in [-0.39, 0.29) is 18.3 Å². The number of rotatable bonds is 7. The van der Waals surface area contributed by atoms with Crippen LogP contribution in [0.4, 0.5) is 0 Å². The smallest absolute Gasteiger partial charge is 0.0664 e. The Labute approximate surface area is 166 Å². The molecular weight excluding hydrogens is 344 g/mol. The normalized spacial score (nSPS) is 24.2. The highest BCUT2D eigenvalue weighted by Gasteiger charge is 2.15. The Morgan fingerprint density at radius 1 is 0.704 bits per heavy atom. The zero-order valence-corrected chi connectivity index (χ0v) is 17.8. The maximum atomic E-state index is 10.1. The van der Waals surface area contributed by atoms with Gasteiger partial charge in [0, 0.05) is 45.8 Å². The van der Waals surface area contributed by atoms with E-state index in [9.17, 15) is 15.3 Å². The van der Waals surface area contributed by atoms with Crippen LogP contribution in [0.2, 0.25) is 0 Å². The Balaban J connectivity index is 2.65. The van der Waals surface area contributed by atoms with Gasteiger partial charge in [0.15, 0.2) is 0 Å². The van der Waals surface area contributed by atoms with Crippen LogP contribution < -0.4 is 5.32 Å². The van der Waals surface area contributed by atoms with Crippen LogP contribution in [0.15, 0.2) is 0 Å². The third kappa shape index (κ3) is 12.7. The molecule has 4 N–H and O–H groups in total. The average molecular weight is 389 g/mol. The van der Waals surface area contributed by atoms with Gasteiger partial charge in [-0.05, 0) is 59.3 Å². The van der Waals surface area contributed by atoms with Crippen LogP contribution in [0.3, 0.4) is 0 Å². The van der Waals surface area contributed by atoms with Gasteiger partial charge in [-0.2, -0.15) is 0 Å². The van der Waals surface area contributed by atoms with Crippen molar-refractivity contribution in [2.24, 2.45) is 0 Å². The number of β-amino-alcohol motifs (C(OH)–C–C–N with tert-alkyl or cyclic N) is 3. The predicted molar refractivity (Wildman–Crippen MR) is 111 cm³/mol. The van der Waals surface area contributed by atoms with Gasteiger partial charge in [0.25, 0.3) is 0 Å². The number of aliphatic hydroxyl groups is 3. The summed E-state index contributed by atoms with van der Waals surface area (Å²) in [6.45, 7) is 15.4. The molecule has 0 aromatic rings. The van der Waals surface area contributed by atoms with Crippen LogP contribution in [-0.2, 0) is 0 Å². The van der Waals surface area contributed by atoms with Crippen molar-refractivity contribution in [2.45, 2.75) is 58.3 Å². The van der Waals surface area contributed by atoms with E-state index in [4.69, 9.17) is 0 Å². The number of hydrogen-bond donors (Lipinski definition) is 4. The Kier molecular flexibility index (Phi) is 13.5. The van der Waals surface area contributed by atoms with Gasteiger partial charge in [0.2, 0.25) is 0 Å². The van der Waals surface area contributed by atoms with Gasteiger partial charge < -0.3 is 20.6 Å². The molecule has 0 aromatic heterocycles. The second-order valence-corrected chi connectivity index (χ2v) is 8.12. The molecule has 7 nitrogen and oxygen atoms in total. The highest BCUT2D eigenvalue weighted by Crippen LogP contribution is 2.03. The summed E-state index contributed by atoms with van der Waals surface area (Å²) in [5.41, 5.74) is 0. The van der Waals surface area contributed by atoms with Crippen molar-refractivity contribution in [3.05, 3.63) is 0 Å². The van der Waals surface area contributed by atoms with E-state index in [1.165, 1.54) is 0 Å². The van der Waals surface area contributed by atoms with Crippen molar-refractivity contribution in [3.8, 4) is 0 Å². The lowest BCUT2D eigenvalue weighted by molar-refractivity contribution is 0.0827. The minimum absolute atomic E-state index is 0.268. The molecule has 0 spiro atoms. The standard InChI is InChI=1S/C20H44N4O3/c1-4-20(27)17-24-9-5-7-21-8-12-22(15-18(2)25)10-6-11-23(13-14-24)16-19(3)26/h18-21,25-27H,4-17H2,1-3H3. The van der Waals surface area contributed by atoms with Gasteiger partial charge in [-0.3, -0.25) is 14.7 Å². The minimum atomic E-state index is -0.337. The first kappa shape index (κ1) is 24.8. The fraction of sp³-hybridized carbons (Fsp3) is 1.00. The molecule has 1 fully saturated rings. The van der Waals surface area contributed by atoms with Crippen LogP contribution >= 0.6 is 0 Å². The monoisotopic (exact) mass is 388 g/mol. The fourth-order valence-electron chi connectivity index (χ4n) is 3.65. The molecule has 0 bridgehead atoms. The molecule has 1 aliphatic heterocycles. The van der Waals surface area contributed by atoms with E-state index < -0.39 is 0 Å². The van der Waals surface area contributed by atoms with E-state index in [1.54, 1.807) is 0 Å². The summed E-state index contributed by atoms with van der Waals surface area (Å²) < 4.78 is 0.